The average molecular weight is 291 g/mol. The summed E-state index contributed by atoms with van der Waals surface area (Å²) >= 11 is 2.02. The third kappa shape index (κ3) is 2.71. The van der Waals surface area contributed by atoms with Crippen molar-refractivity contribution in [3.05, 3.63) is 29.8 Å². The second-order valence-corrected chi connectivity index (χ2v) is 7.70. The largest absolute Gasteiger partial charge is 0.486 e. The van der Waals surface area contributed by atoms with Crippen molar-refractivity contribution in [2.45, 2.75) is 62.5 Å². The number of thioether (sulfide) groups is 1. The number of ether oxygens (including phenoxy) is 1. The van der Waals surface area contributed by atoms with Crippen LogP contribution in [-0.4, -0.2) is 23.1 Å². The normalized spacial score (nSPS) is 31.6. The van der Waals surface area contributed by atoms with Crippen LogP contribution in [0.2, 0.25) is 0 Å². The van der Waals surface area contributed by atoms with Gasteiger partial charge in [0.25, 0.3) is 0 Å². The number of benzene rings is 1. The summed E-state index contributed by atoms with van der Waals surface area (Å²) in [5.74, 6) is 1.05. The van der Waals surface area contributed by atoms with Crippen molar-refractivity contribution in [1.82, 2.24) is 5.32 Å². The molecule has 0 spiro atoms. The minimum atomic E-state index is -0.157. The van der Waals surface area contributed by atoms with E-state index in [2.05, 4.69) is 49.7 Å². The highest BCUT2D eigenvalue weighted by Gasteiger charge is 2.42. The molecule has 0 aromatic heterocycles. The van der Waals surface area contributed by atoms with E-state index < -0.39 is 0 Å². The summed E-state index contributed by atoms with van der Waals surface area (Å²) < 4.78 is 6.13. The van der Waals surface area contributed by atoms with E-state index in [9.17, 15) is 0 Å². The van der Waals surface area contributed by atoms with Crippen molar-refractivity contribution in [2.75, 3.05) is 6.26 Å². The average Bonchev–Trinajstić information content (AvgIpc) is 2.70. The van der Waals surface area contributed by atoms with Gasteiger partial charge in [0.1, 0.15) is 11.4 Å². The predicted molar refractivity (Wildman–Crippen MR) is 86.6 cm³/mol. The Kier molecular flexibility index (Phi) is 4.00. The SMILES string of the molecule is CSC1CCCC(NC2c3ccccc3OC2(C)C)C1. The first-order valence-corrected chi connectivity index (χ1v) is 8.96. The standard InChI is InChI=1S/C17H25NOS/c1-17(2)16(14-9-4-5-10-15(14)19-17)18-12-7-6-8-13(11-12)20-3/h4-5,9-10,12-13,16,18H,6-8,11H2,1-3H3. The van der Waals surface area contributed by atoms with Crippen LogP contribution in [0.3, 0.4) is 0 Å². The summed E-state index contributed by atoms with van der Waals surface area (Å²) in [5, 5.41) is 4.71. The van der Waals surface area contributed by atoms with Gasteiger partial charge >= 0.3 is 0 Å². The maximum absolute atomic E-state index is 6.13. The molecule has 3 rings (SSSR count). The molecule has 3 unspecified atom stereocenters. The van der Waals surface area contributed by atoms with Gasteiger partial charge in [-0.15, -0.1) is 0 Å². The van der Waals surface area contributed by atoms with Crippen molar-refractivity contribution in [3.63, 3.8) is 0 Å². The van der Waals surface area contributed by atoms with E-state index in [-0.39, 0.29) is 5.60 Å². The summed E-state index contributed by atoms with van der Waals surface area (Å²) in [5.41, 5.74) is 1.17. The molecule has 1 aliphatic heterocycles. The zero-order valence-corrected chi connectivity index (χ0v) is 13.5. The van der Waals surface area contributed by atoms with Gasteiger partial charge in [0.15, 0.2) is 0 Å². The molecule has 1 heterocycles. The molecule has 2 nitrogen and oxygen atoms in total. The number of fused-ring (bicyclic) bond motifs is 1. The molecule has 3 heteroatoms. The smallest absolute Gasteiger partial charge is 0.125 e. The van der Waals surface area contributed by atoms with Gasteiger partial charge in [0, 0.05) is 16.9 Å². The summed E-state index contributed by atoms with van der Waals surface area (Å²) in [4.78, 5) is 0. The predicted octanol–water partition coefficient (Wildman–Crippen LogP) is 4.16. The molecule has 3 atom stereocenters. The van der Waals surface area contributed by atoms with Crippen LogP contribution in [0.15, 0.2) is 24.3 Å². The molecule has 1 saturated carbocycles. The Balaban J connectivity index is 1.76. The Labute approximate surface area is 126 Å². The van der Waals surface area contributed by atoms with E-state index in [1.165, 1.54) is 31.2 Å². The summed E-state index contributed by atoms with van der Waals surface area (Å²) in [6, 6.07) is 9.40. The molecule has 1 N–H and O–H groups in total. The Morgan fingerprint density at radius 1 is 1.25 bits per heavy atom. The Morgan fingerprint density at radius 2 is 2.05 bits per heavy atom. The number of rotatable bonds is 3. The van der Waals surface area contributed by atoms with E-state index in [1.54, 1.807) is 0 Å². The van der Waals surface area contributed by atoms with Gasteiger partial charge in [-0.3, -0.25) is 0 Å². The minimum Gasteiger partial charge on any atom is -0.486 e. The first kappa shape index (κ1) is 14.3. The third-order valence-corrected chi connectivity index (χ3v) is 5.75. The molecule has 1 aliphatic carbocycles. The summed E-state index contributed by atoms with van der Waals surface area (Å²) in [6.45, 7) is 4.39. The van der Waals surface area contributed by atoms with Crippen LogP contribution < -0.4 is 10.1 Å². The molecule has 0 bridgehead atoms. The van der Waals surface area contributed by atoms with E-state index in [4.69, 9.17) is 4.74 Å². The Morgan fingerprint density at radius 3 is 2.85 bits per heavy atom. The van der Waals surface area contributed by atoms with Crippen molar-refractivity contribution in [1.29, 1.82) is 0 Å². The molecular formula is C17H25NOS. The second kappa shape index (κ2) is 5.61. The molecule has 110 valence electrons. The highest BCUT2D eigenvalue weighted by molar-refractivity contribution is 7.99. The molecule has 0 saturated heterocycles. The molecular weight excluding hydrogens is 266 g/mol. The van der Waals surface area contributed by atoms with Crippen molar-refractivity contribution in [3.8, 4) is 5.75 Å². The fourth-order valence-electron chi connectivity index (χ4n) is 3.57. The number of para-hydroxylation sites is 1. The van der Waals surface area contributed by atoms with Crippen LogP contribution in [0.25, 0.3) is 0 Å². The van der Waals surface area contributed by atoms with E-state index in [1.807, 2.05) is 11.8 Å². The van der Waals surface area contributed by atoms with Crippen LogP contribution in [0.4, 0.5) is 0 Å². The Bertz CT molecular complexity index is 474. The van der Waals surface area contributed by atoms with E-state index >= 15 is 0 Å². The monoisotopic (exact) mass is 291 g/mol. The van der Waals surface area contributed by atoms with Gasteiger partial charge in [-0.05, 0) is 45.4 Å². The fraction of sp³-hybridized carbons (Fsp3) is 0.647. The third-order valence-electron chi connectivity index (χ3n) is 4.66. The number of nitrogens with one attached hydrogen (secondary N) is 1. The summed E-state index contributed by atoms with van der Waals surface area (Å²) in [6.07, 6.45) is 7.55. The quantitative estimate of drug-likeness (QED) is 0.903. The Hall–Kier alpha value is -0.670. The van der Waals surface area contributed by atoms with E-state index in [0.29, 0.717) is 12.1 Å². The van der Waals surface area contributed by atoms with Crippen LogP contribution in [-0.2, 0) is 0 Å². The molecule has 0 amide bonds. The topological polar surface area (TPSA) is 21.3 Å². The zero-order chi connectivity index (χ0) is 14.2. The van der Waals surface area contributed by atoms with Gasteiger partial charge in [-0.25, -0.2) is 0 Å². The van der Waals surface area contributed by atoms with Gasteiger partial charge in [0.05, 0.1) is 6.04 Å². The highest BCUT2D eigenvalue weighted by atomic mass is 32.2. The highest BCUT2D eigenvalue weighted by Crippen LogP contribution is 2.43. The maximum atomic E-state index is 6.13. The molecule has 2 aliphatic rings. The van der Waals surface area contributed by atoms with Crippen molar-refractivity contribution < 1.29 is 4.74 Å². The lowest BCUT2D eigenvalue weighted by Gasteiger charge is -2.35. The molecule has 0 radical (unpaired) electrons. The number of hydrogen-bond acceptors (Lipinski definition) is 3. The van der Waals surface area contributed by atoms with Crippen LogP contribution in [0.1, 0.15) is 51.1 Å². The molecule has 20 heavy (non-hydrogen) atoms. The molecule has 1 fully saturated rings. The fourth-order valence-corrected chi connectivity index (χ4v) is 4.39. The van der Waals surface area contributed by atoms with Crippen molar-refractivity contribution in [2.24, 2.45) is 0 Å². The first-order chi connectivity index (χ1) is 9.60. The van der Waals surface area contributed by atoms with Crippen LogP contribution in [0.5, 0.6) is 5.75 Å². The molecule has 1 aromatic rings. The number of hydrogen-bond donors (Lipinski definition) is 1. The van der Waals surface area contributed by atoms with Crippen molar-refractivity contribution >= 4 is 11.8 Å². The van der Waals surface area contributed by atoms with Gasteiger partial charge in [0.2, 0.25) is 0 Å². The van der Waals surface area contributed by atoms with Gasteiger partial charge < -0.3 is 10.1 Å². The zero-order valence-electron chi connectivity index (χ0n) is 12.7. The lowest BCUT2D eigenvalue weighted by molar-refractivity contribution is 0.0880. The molecule has 1 aromatic carbocycles. The van der Waals surface area contributed by atoms with Crippen LogP contribution >= 0.6 is 11.8 Å². The second-order valence-electron chi connectivity index (χ2n) is 6.56. The minimum absolute atomic E-state index is 0.157. The lowest BCUT2D eigenvalue weighted by atomic mass is 9.89. The lowest BCUT2D eigenvalue weighted by Crippen LogP contribution is -2.45. The maximum Gasteiger partial charge on any atom is 0.125 e. The summed E-state index contributed by atoms with van der Waals surface area (Å²) in [7, 11) is 0. The first-order valence-electron chi connectivity index (χ1n) is 7.67. The van der Waals surface area contributed by atoms with Gasteiger partial charge in [-0.1, -0.05) is 24.6 Å². The van der Waals surface area contributed by atoms with Crippen LogP contribution in [0, 0.1) is 0 Å². The van der Waals surface area contributed by atoms with Gasteiger partial charge in [-0.2, -0.15) is 11.8 Å². The van der Waals surface area contributed by atoms with E-state index in [0.717, 1.165) is 11.0 Å².